The Bertz CT molecular complexity index is 339. The highest BCUT2D eigenvalue weighted by atomic mass is 16.3. The topological polar surface area (TPSA) is 61.4 Å². The molecule has 1 unspecified atom stereocenters. The number of benzene rings is 1. The zero-order valence-corrected chi connectivity index (χ0v) is 8.95. The average molecular weight is 208 g/mol. The van der Waals surface area contributed by atoms with Crippen molar-refractivity contribution in [2.75, 3.05) is 18.9 Å². The van der Waals surface area contributed by atoms with E-state index >= 15 is 0 Å². The van der Waals surface area contributed by atoms with Crippen LogP contribution in [0.4, 0.5) is 5.69 Å². The van der Waals surface area contributed by atoms with Crippen molar-refractivity contribution in [1.29, 1.82) is 0 Å². The molecule has 0 bridgehead atoms. The largest absolute Gasteiger partial charge is 0.508 e. The van der Waals surface area contributed by atoms with Gasteiger partial charge in [-0.25, -0.2) is 0 Å². The van der Waals surface area contributed by atoms with Crippen LogP contribution in [0, 0.1) is 5.92 Å². The molecule has 0 aliphatic carbocycles. The number of anilines is 1. The molecule has 0 saturated heterocycles. The summed E-state index contributed by atoms with van der Waals surface area (Å²) in [7, 11) is 1.80. The molecule has 15 heavy (non-hydrogen) atoms. The van der Waals surface area contributed by atoms with Crippen molar-refractivity contribution in [2.24, 2.45) is 5.92 Å². The standard InChI is InChI=1S/C11H16N2O2/c1-8(7-12-2)11(15)13-9-4-3-5-10(14)6-9/h3-6,8,12,14H,7H2,1-2H3,(H,13,15). The second-order valence-electron chi connectivity index (χ2n) is 3.50. The van der Waals surface area contributed by atoms with Crippen molar-refractivity contribution in [3.05, 3.63) is 24.3 Å². The van der Waals surface area contributed by atoms with E-state index in [0.29, 0.717) is 12.2 Å². The first-order valence-electron chi connectivity index (χ1n) is 4.88. The first kappa shape index (κ1) is 11.5. The Balaban J connectivity index is 2.58. The monoisotopic (exact) mass is 208 g/mol. The Hall–Kier alpha value is -1.55. The molecule has 4 heteroatoms. The molecule has 3 N–H and O–H groups in total. The highest BCUT2D eigenvalue weighted by Crippen LogP contribution is 2.15. The van der Waals surface area contributed by atoms with Gasteiger partial charge in [-0.1, -0.05) is 13.0 Å². The summed E-state index contributed by atoms with van der Waals surface area (Å²) in [5, 5.41) is 14.9. The molecule has 0 aliphatic rings. The normalized spacial score (nSPS) is 12.1. The minimum Gasteiger partial charge on any atom is -0.508 e. The summed E-state index contributed by atoms with van der Waals surface area (Å²) in [6.45, 7) is 2.47. The van der Waals surface area contributed by atoms with E-state index in [1.165, 1.54) is 6.07 Å². The fourth-order valence-electron chi connectivity index (χ4n) is 1.25. The van der Waals surface area contributed by atoms with Crippen LogP contribution in [-0.4, -0.2) is 24.6 Å². The van der Waals surface area contributed by atoms with E-state index in [0.717, 1.165) is 0 Å². The maximum atomic E-state index is 11.6. The van der Waals surface area contributed by atoms with Crippen molar-refractivity contribution in [3.8, 4) is 5.75 Å². The number of amides is 1. The van der Waals surface area contributed by atoms with E-state index in [-0.39, 0.29) is 17.6 Å². The van der Waals surface area contributed by atoms with Gasteiger partial charge in [0.1, 0.15) is 5.75 Å². The van der Waals surface area contributed by atoms with Crippen molar-refractivity contribution in [2.45, 2.75) is 6.92 Å². The van der Waals surface area contributed by atoms with Gasteiger partial charge in [0, 0.05) is 24.2 Å². The molecule has 1 aromatic rings. The predicted molar refractivity (Wildman–Crippen MR) is 59.8 cm³/mol. The zero-order valence-electron chi connectivity index (χ0n) is 8.95. The molecular weight excluding hydrogens is 192 g/mol. The van der Waals surface area contributed by atoms with Gasteiger partial charge in [-0.3, -0.25) is 4.79 Å². The SMILES string of the molecule is CNCC(C)C(=O)Nc1cccc(O)c1. The Morgan fingerprint density at radius 2 is 2.27 bits per heavy atom. The second-order valence-corrected chi connectivity index (χ2v) is 3.50. The van der Waals surface area contributed by atoms with Gasteiger partial charge in [0.05, 0.1) is 0 Å². The molecule has 0 saturated carbocycles. The van der Waals surface area contributed by atoms with Crippen LogP contribution >= 0.6 is 0 Å². The Morgan fingerprint density at radius 1 is 1.53 bits per heavy atom. The minimum atomic E-state index is -0.0997. The number of hydrogen-bond acceptors (Lipinski definition) is 3. The summed E-state index contributed by atoms with van der Waals surface area (Å²) in [5.41, 5.74) is 0.614. The smallest absolute Gasteiger partial charge is 0.228 e. The van der Waals surface area contributed by atoms with E-state index in [2.05, 4.69) is 10.6 Å². The third-order valence-corrected chi connectivity index (χ3v) is 2.07. The van der Waals surface area contributed by atoms with Crippen molar-refractivity contribution >= 4 is 11.6 Å². The molecule has 1 rings (SSSR count). The molecule has 0 aromatic heterocycles. The number of aromatic hydroxyl groups is 1. The van der Waals surface area contributed by atoms with Gasteiger partial charge in [-0.2, -0.15) is 0 Å². The fraction of sp³-hybridized carbons (Fsp3) is 0.364. The summed E-state index contributed by atoms with van der Waals surface area (Å²) in [6, 6.07) is 6.51. The molecule has 0 radical (unpaired) electrons. The lowest BCUT2D eigenvalue weighted by Gasteiger charge is -2.11. The maximum Gasteiger partial charge on any atom is 0.228 e. The number of carbonyl (C=O) groups is 1. The molecule has 1 aromatic carbocycles. The van der Waals surface area contributed by atoms with Gasteiger partial charge in [0.25, 0.3) is 0 Å². The maximum absolute atomic E-state index is 11.6. The van der Waals surface area contributed by atoms with Crippen LogP contribution in [0.15, 0.2) is 24.3 Å². The summed E-state index contributed by atoms with van der Waals surface area (Å²) >= 11 is 0. The number of phenols is 1. The van der Waals surface area contributed by atoms with Gasteiger partial charge in [-0.05, 0) is 19.2 Å². The zero-order chi connectivity index (χ0) is 11.3. The van der Waals surface area contributed by atoms with Crippen molar-refractivity contribution < 1.29 is 9.90 Å². The quantitative estimate of drug-likeness (QED) is 0.696. The van der Waals surface area contributed by atoms with Gasteiger partial charge in [0.15, 0.2) is 0 Å². The Labute approximate surface area is 89.3 Å². The highest BCUT2D eigenvalue weighted by Gasteiger charge is 2.11. The van der Waals surface area contributed by atoms with Crippen LogP contribution < -0.4 is 10.6 Å². The van der Waals surface area contributed by atoms with Crippen molar-refractivity contribution in [3.63, 3.8) is 0 Å². The first-order valence-corrected chi connectivity index (χ1v) is 4.88. The van der Waals surface area contributed by atoms with Crippen LogP contribution in [0.25, 0.3) is 0 Å². The molecule has 0 aliphatic heterocycles. The van der Waals surface area contributed by atoms with Gasteiger partial charge in [-0.15, -0.1) is 0 Å². The van der Waals surface area contributed by atoms with Gasteiger partial charge in [0.2, 0.25) is 5.91 Å². The average Bonchev–Trinajstić information content (AvgIpc) is 2.18. The fourth-order valence-corrected chi connectivity index (χ4v) is 1.25. The van der Waals surface area contributed by atoms with Crippen LogP contribution in [0.1, 0.15) is 6.92 Å². The molecule has 1 amide bonds. The molecule has 0 spiro atoms. The van der Waals surface area contributed by atoms with E-state index in [4.69, 9.17) is 0 Å². The number of nitrogens with one attached hydrogen (secondary N) is 2. The van der Waals surface area contributed by atoms with Crippen molar-refractivity contribution in [1.82, 2.24) is 5.32 Å². The Morgan fingerprint density at radius 3 is 2.87 bits per heavy atom. The van der Waals surface area contributed by atoms with E-state index < -0.39 is 0 Å². The third-order valence-electron chi connectivity index (χ3n) is 2.07. The van der Waals surface area contributed by atoms with E-state index in [1.807, 2.05) is 6.92 Å². The van der Waals surface area contributed by atoms with E-state index in [9.17, 15) is 9.90 Å². The van der Waals surface area contributed by atoms with Crippen LogP contribution in [0.5, 0.6) is 5.75 Å². The summed E-state index contributed by atoms with van der Waals surface area (Å²) < 4.78 is 0. The highest BCUT2D eigenvalue weighted by molar-refractivity contribution is 5.92. The summed E-state index contributed by atoms with van der Waals surface area (Å²) in [4.78, 5) is 11.6. The molecular formula is C11H16N2O2. The lowest BCUT2D eigenvalue weighted by molar-refractivity contribution is -0.119. The minimum absolute atomic E-state index is 0.0602. The predicted octanol–water partition coefficient (Wildman–Crippen LogP) is 1.19. The molecule has 1 atom stereocenters. The second kappa shape index (κ2) is 5.36. The van der Waals surface area contributed by atoms with Gasteiger partial charge >= 0.3 is 0 Å². The molecule has 0 fully saturated rings. The van der Waals surface area contributed by atoms with Crippen LogP contribution in [-0.2, 0) is 4.79 Å². The number of rotatable bonds is 4. The summed E-state index contributed by atoms with van der Waals surface area (Å²) in [5.74, 6) is -0.0126. The lowest BCUT2D eigenvalue weighted by atomic mass is 10.1. The number of carbonyl (C=O) groups excluding carboxylic acids is 1. The Kier molecular flexibility index (Phi) is 4.12. The summed E-state index contributed by atoms with van der Waals surface area (Å²) in [6.07, 6.45) is 0. The third kappa shape index (κ3) is 3.59. The number of phenolic OH excluding ortho intramolecular Hbond substituents is 1. The van der Waals surface area contributed by atoms with Gasteiger partial charge < -0.3 is 15.7 Å². The molecule has 82 valence electrons. The van der Waals surface area contributed by atoms with Crippen LogP contribution in [0.2, 0.25) is 0 Å². The van der Waals surface area contributed by atoms with Crippen LogP contribution in [0.3, 0.4) is 0 Å². The number of hydrogen-bond donors (Lipinski definition) is 3. The first-order chi connectivity index (χ1) is 7.13. The molecule has 4 nitrogen and oxygen atoms in total. The van der Waals surface area contributed by atoms with E-state index in [1.54, 1.807) is 25.2 Å². The lowest BCUT2D eigenvalue weighted by Crippen LogP contribution is -2.28. The molecule has 0 heterocycles.